The fourth-order valence-electron chi connectivity index (χ4n) is 4.14. The van der Waals surface area contributed by atoms with Crippen molar-refractivity contribution < 1.29 is 4.79 Å². The van der Waals surface area contributed by atoms with Crippen LogP contribution in [0.15, 0.2) is 0 Å². The van der Waals surface area contributed by atoms with Gasteiger partial charge in [-0.2, -0.15) is 5.21 Å². The van der Waals surface area contributed by atoms with Gasteiger partial charge in [-0.1, -0.05) is 26.0 Å². The van der Waals surface area contributed by atoms with Crippen molar-refractivity contribution in [1.29, 1.82) is 0 Å². The van der Waals surface area contributed by atoms with E-state index in [-0.39, 0.29) is 11.3 Å². The predicted molar refractivity (Wildman–Crippen MR) is 81.5 cm³/mol. The summed E-state index contributed by atoms with van der Waals surface area (Å²) in [4.78, 5) is 12.2. The molecule has 21 heavy (non-hydrogen) atoms. The second-order valence-electron chi connectivity index (χ2n) is 7.05. The predicted octanol–water partition coefficient (Wildman–Crippen LogP) is 1.76. The number of aromatic amines is 1. The topological polar surface area (TPSA) is 83.6 Å². The maximum atomic E-state index is 12.2. The molecule has 1 amide bonds. The lowest BCUT2D eigenvalue weighted by Gasteiger charge is -2.39. The van der Waals surface area contributed by atoms with Gasteiger partial charge in [0.1, 0.15) is 0 Å². The highest BCUT2D eigenvalue weighted by Crippen LogP contribution is 2.65. The number of carbonyl (C=O) groups is 1. The molecule has 6 nitrogen and oxygen atoms in total. The maximum absolute atomic E-state index is 12.2. The largest absolute Gasteiger partial charge is 0.352 e. The number of thioether (sulfide) groups is 1. The molecule has 2 aliphatic rings. The monoisotopic (exact) mass is 309 g/mol. The number of nitrogens with one attached hydrogen (secondary N) is 2. The van der Waals surface area contributed by atoms with Gasteiger partial charge < -0.3 is 5.32 Å². The fraction of sp³-hybridized carbons (Fsp3) is 0.857. The van der Waals surface area contributed by atoms with Crippen LogP contribution < -0.4 is 5.32 Å². The highest BCUT2D eigenvalue weighted by Gasteiger charge is 2.61. The molecule has 1 aromatic heterocycles. The van der Waals surface area contributed by atoms with Gasteiger partial charge in [-0.15, -0.1) is 22.0 Å². The van der Waals surface area contributed by atoms with E-state index in [1.54, 1.807) is 0 Å². The van der Waals surface area contributed by atoms with Gasteiger partial charge in [0.25, 0.3) is 0 Å². The van der Waals surface area contributed by atoms with Crippen LogP contribution in [-0.2, 0) is 10.5 Å². The van der Waals surface area contributed by atoms with E-state index in [4.69, 9.17) is 0 Å². The number of nitrogens with zero attached hydrogens (tertiary/aromatic N) is 3. The van der Waals surface area contributed by atoms with Crippen molar-refractivity contribution in [2.75, 3.05) is 5.75 Å². The highest BCUT2D eigenvalue weighted by atomic mass is 32.2. The average Bonchev–Trinajstić information content (AvgIpc) is 3.05. The van der Waals surface area contributed by atoms with Crippen molar-refractivity contribution in [3.63, 3.8) is 0 Å². The van der Waals surface area contributed by atoms with Crippen LogP contribution in [0.5, 0.6) is 0 Å². The molecule has 116 valence electrons. The minimum atomic E-state index is 0.123. The summed E-state index contributed by atoms with van der Waals surface area (Å²) >= 11 is 1.52. The van der Waals surface area contributed by atoms with Crippen LogP contribution in [0, 0.1) is 16.7 Å². The Morgan fingerprint density at radius 3 is 2.86 bits per heavy atom. The summed E-state index contributed by atoms with van der Waals surface area (Å²) < 4.78 is 0. The molecule has 1 aromatic rings. The van der Waals surface area contributed by atoms with E-state index < -0.39 is 0 Å². The summed E-state index contributed by atoms with van der Waals surface area (Å²) in [5.41, 5.74) is 0.578. The van der Waals surface area contributed by atoms with E-state index in [2.05, 4.69) is 46.7 Å². The summed E-state index contributed by atoms with van der Waals surface area (Å²) in [5.74, 6) is 2.57. The molecule has 2 saturated carbocycles. The van der Waals surface area contributed by atoms with E-state index >= 15 is 0 Å². The van der Waals surface area contributed by atoms with E-state index in [9.17, 15) is 4.79 Å². The lowest BCUT2D eigenvalue weighted by molar-refractivity contribution is -0.120. The molecule has 0 radical (unpaired) electrons. The van der Waals surface area contributed by atoms with E-state index in [1.165, 1.54) is 24.6 Å². The molecule has 7 heteroatoms. The van der Waals surface area contributed by atoms with Crippen LogP contribution in [0.4, 0.5) is 0 Å². The second kappa shape index (κ2) is 5.26. The summed E-state index contributed by atoms with van der Waals surface area (Å²) in [7, 11) is 0. The molecule has 2 fully saturated rings. The third-order valence-electron chi connectivity index (χ3n) is 5.98. The number of aromatic nitrogens is 4. The molecule has 2 aliphatic carbocycles. The van der Waals surface area contributed by atoms with Gasteiger partial charge in [-0.25, -0.2) is 0 Å². The van der Waals surface area contributed by atoms with Gasteiger partial charge in [-0.05, 0) is 36.0 Å². The molecule has 1 heterocycles. The van der Waals surface area contributed by atoms with E-state index in [1.807, 2.05) is 0 Å². The Labute approximate surface area is 129 Å². The lowest BCUT2D eigenvalue weighted by Crippen LogP contribution is -2.47. The summed E-state index contributed by atoms with van der Waals surface area (Å²) in [6.45, 7) is 7.07. The first-order valence-corrected chi connectivity index (χ1v) is 8.68. The SMILES string of the molecule is CC1(C)[C@@H]2CC[C@@]1(C)[C@H](NC(=O)CSCc1nn[nH]n1)C2. The molecule has 0 spiro atoms. The molecular formula is C14H23N5OS. The van der Waals surface area contributed by atoms with Crippen LogP contribution in [-0.4, -0.2) is 38.3 Å². The van der Waals surface area contributed by atoms with Crippen molar-refractivity contribution in [2.45, 2.75) is 51.8 Å². The number of amides is 1. The Morgan fingerprint density at radius 2 is 2.29 bits per heavy atom. The molecular weight excluding hydrogens is 286 g/mol. The van der Waals surface area contributed by atoms with Gasteiger partial charge in [-0.3, -0.25) is 4.79 Å². The van der Waals surface area contributed by atoms with Crippen molar-refractivity contribution >= 4 is 17.7 Å². The third kappa shape index (κ3) is 2.45. The molecule has 3 atom stereocenters. The maximum Gasteiger partial charge on any atom is 0.230 e. The number of hydrogen-bond donors (Lipinski definition) is 2. The smallest absolute Gasteiger partial charge is 0.230 e. The van der Waals surface area contributed by atoms with Crippen molar-refractivity contribution in [3.8, 4) is 0 Å². The number of fused-ring (bicyclic) bond motifs is 2. The van der Waals surface area contributed by atoms with Crippen LogP contribution in [0.25, 0.3) is 0 Å². The van der Waals surface area contributed by atoms with Crippen LogP contribution >= 0.6 is 11.8 Å². The van der Waals surface area contributed by atoms with Gasteiger partial charge in [0.15, 0.2) is 5.82 Å². The highest BCUT2D eigenvalue weighted by molar-refractivity contribution is 7.99. The quantitative estimate of drug-likeness (QED) is 0.866. The summed E-state index contributed by atoms with van der Waals surface area (Å²) in [6, 6.07) is 0.324. The standard InChI is InChI=1S/C14H23N5OS/c1-13(2)9-4-5-14(13,3)10(6-9)15-12(20)8-21-7-11-16-18-19-17-11/h9-10H,4-8H2,1-3H3,(H,15,20)(H,16,17,18,19)/t9-,10-,14+/m1/s1. The van der Waals surface area contributed by atoms with Gasteiger partial charge in [0.05, 0.1) is 11.5 Å². The molecule has 0 aromatic carbocycles. The molecule has 2 N–H and O–H groups in total. The molecule has 0 unspecified atom stereocenters. The third-order valence-corrected chi connectivity index (χ3v) is 6.91. The molecule has 3 rings (SSSR count). The summed E-state index contributed by atoms with van der Waals surface area (Å²) in [5, 5.41) is 16.9. The van der Waals surface area contributed by atoms with Crippen LogP contribution in [0.1, 0.15) is 45.9 Å². The Bertz CT molecular complexity index is 517. The first-order chi connectivity index (χ1) is 9.93. The number of rotatable bonds is 5. The Morgan fingerprint density at radius 1 is 1.48 bits per heavy atom. The van der Waals surface area contributed by atoms with Crippen LogP contribution in [0.2, 0.25) is 0 Å². The normalized spacial score (nSPS) is 33.3. The van der Waals surface area contributed by atoms with Crippen LogP contribution in [0.3, 0.4) is 0 Å². The minimum absolute atomic E-state index is 0.123. The first-order valence-electron chi connectivity index (χ1n) is 7.53. The zero-order chi connectivity index (χ0) is 15.1. The van der Waals surface area contributed by atoms with Gasteiger partial charge >= 0.3 is 0 Å². The zero-order valence-electron chi connectivity index (χ0n) is 12.8. The number of carbonyl (C=O) groups excluding carboxylic acids is 1. The first kappa shape index (κ1) is 14.8. The fourth-order valence-corrected chi connectivity index (χ4v) is 4.81. The Hall–Kier alpha value is -1.11. The Balaban J connectivity index is 1.50. The minimum Gasteiger partial charge on any atom is -0.352 e. The van der Waals surface area contributed by atoms with Gasteiger partial charge in [0, 0.05) is 6.04 Å². The summed E-state index contributed by atoms with van der Waals surface area (Å²) in [6.07, 6.45) is 3.67. The van der Waals surface area contributed by atoms with E-state index in [0.717, 1.165) is 12.3 Å². The molecule has 0 aliphatic heterocycles. The van der Waals surface area contributed by atoms with Crippen molar-refractivity contribution in [3.05, 3.63) is 5.82 Å². The zero-order valence-corrected chi connectivity index (χ0v) is 13.7. The second-order valence-corrected chi connectivity index (χ2v) is 8.04. The average molecular weight is 309 g/mol. The Kier molecular flexibility index (Phi) is 3.71. The van der Waals surface area contributed by atoms with Gasteiger partial charge in [0.2, 0.25) is 5.91 Å². The number of tetrazole rings is 1. The lowest BCUT2D eigenvalue weighted by atomic mass is 9.69. The van der Waals surface area contributed by atoms with Crippen molar-refractivity contribution in [1.82, 2.24) is 25.9 Å². The number of H-pyrrole nitrogens is 1. The number of hydrogen-bond acceptors (Lipinski definition) is 5. The van der Waals surface area contributed by atoms with Crippen molar-refractivity contribution in [2.24, 2.45) is 16.7 Å². The molecule has 2 bridgehead atoms. The molecule has 0 saturated heterocycles. The van der Waals surface area contributed by atoms with E-state index in [0.29, 0.717) is 28.8 Å².